The van der Waals surface area contributed by atoms with Crippen molar-refractivity contribution in [3.8, 4) is 0 Å². The number of likely N-dealkylation sites (tertiary alicyclic amines) is 1. The average Bonchev–Trinajstić information content (AvgIpc) is 3.20. The van der Waals surface area contributed by atoms with Gasteiger partial charge in [-0.15, -0.1) is 0 Å². The highest BCUT2D eigenvalue weighted by molar-refractivity contribution is 9.10. The molecule has 0 radical (unpaired) electrons. The van der Waals surface area contributed by atoms with Gasteiger partial charge in [0.25, 0.3) is 0 Å². The van der Waals surface area contributed by atoms with Gasteiger partial charge >= 0.3 is 0 Å². The normalized spacial score (nSPS) is 21.7. The Labute approximate surface area is 116 Å². The van der Waals surface area contributed by atoms with Gasteiger partial charge in [-0.2, -0.15) is 0 Å². The summed E-state index contributed by atoms with van der Waals surface area (Å²) in [6, 6.07) is 8.25. The van der Waals surface area contributed by atoms with E-state index in [4.69, 9.17) is 0 Å². The van der Waals surface area contributed by atoms with Gasteiger partial charge in [-0.05, 0) is 49.8 Å². The number of amides is 1. The molecule has 0 spiro atoms. The molecule has 1 aromatic carbocycles. The van der Waals surface area contributed by atoms with Crippen LogP contribution >= 0.6 is 15.9 Å². The molecule has 1 saturated heterocycles. The Bertz CT molecular complexity index is 461. The number of piperidine rings is 1. The quantitative estimate of drug-likeness (QED) is 0.819. The third kappa shape index (κ3) is 2.09. The first-order valence-corrected chi connectivity index (χ1v) is 7.57. The molecule has 2 fully saturated rings. The first kappa shape index (κ1) is 12.2. The van der Waals surface area contributed by atoms with Crippen LogP contribution in [0.15, 0.2) is 28.7 Å². The molecule has 0 N–H and O–H groups in total. The number of carbonyl (C=O) groups excluding carboxylic acids is 1. The Kier molecular flexibility index (Phi) is 3.18. The maximum absolute atomic E-state index is 12.7. The van der Waals surface area contributed by atoms with E-state index >= 15 is 0 Å². The minimum Gasteiger partial charge on any atom is -0.342 e. The monoisotopic (exact) mass is 307 g/mol. The van der Waals surface area contributed by atoms with Crippen LogP contribution in [0.5, 0.6) is 0 Å². The summed E-state index contributed by atoms with van der Waals surface area (Å²) in [5.74, 6) is 0.361. The fourth-order valence-corrected chi connectivity index (χ4v) is 3.34. The van der Waals surface area contributed by atoms with E-state index in [-0.39, 0.29) is 5.41 Å². The van der Waals surface area contributed by atoms with Gasteiger partial charge in [0.2, 0.25) is 5.91 Å². The molecule has 1 amide bonds. The number of hydrogen-bond acceptors (Lipinski definition) is 1. The summed E-state index contributed by atoms with van der Waals surface area (Å²) in [6.07, 6.45) is 5.63. The van der Waals surface area contributed by atoms with Crippen LogP contribution in [0.4, 0.5) is 0 Å². The van der Waals surface area contributed by atoms with Crippen LogP contribution in [0, 0.1) is 0 Å². The fourth-order valence-electron chi connectivity index (χ4n) is 2.94. The molecule has 96 valence electrons. The minimum atomic E-state index is -0.193. The van der Waals surface area contributed by atoms with Gasteiger partial charge in [0.1, 0.15) is 0 Å². The van der Waals surface area contributed by atoms with Crippen LogP contribution in [0.2, 0.25) is 0 Å². The van der Waals surface area contributed by atoms with Crippen LogP contribution in [0.1, 0.15) is 37.7 Å². The SMILES string of the molecule is O=C(N1CCCCC1)C1(c2cccc(Br)c2)CC1. The molecule has 1 aliphatic carbocycles. The predicted octanol–water partition coefficient (Wildman–Crippen LogP) is 3.49. The zero-order chi connectivity index (χ0) is 12.6. The third-order valence-corrected chi connectivity index (χ3v) is 4.67. The molecule has 3 heteroatoms. The van der Waals surface area contributed by atoms with E-state index in [1.54, 1.807) is 0 Å². The third-order valence-electron chi connectivity index (χ3n) is 4.18. The summed E-state index contributed by atoms with van der Waals surface area (Å²) < 4.78 is 1.07. The summed E-state index contributed by atoms with van der Waals surface area (Å²) in [7, 11) is 0. The van der Waals surface area contributed by atoms with Crippen molar-refractivity contribution in [3.05, 3.63) is 34.3 Å². The van der Waals surface area contributed by atoms with Crippen molar-refractivity contribution in [2.24, 2.45) is 0 Å². The lowest BCUT2D eigenvalue weighted by molar-refractivity contribution is -0.134. The lowest BCUT2D eigenvalue weighted by atomic mass is 9.93. The van der Waals surface area contributed by atoms with Crippen LogP contribution in [0.3, 0.4) is 0 Å². The van der Waals surface area contributed by atoms with Crippen LogP contribution in [-0.4, -0.2) is 23.9 Å². The van der Waals surface area contributed by atoms with Gasteiger partial charge in [-0.25, -0.2) is 0 Å². The second kappa shape index (κ2) is 4.69. The van der Waals surface area contributed by atoms with Gasteiger partial charge in [-0.1, -0.05) is 28.1 Å². The molecule has 0 unspecified atom stereocenters. The lowest BCUT2D eigenvalue weighted by Gasteiger charge is -2.30. The van der Waals surface area contributed by atoms with Crippen molar-refractivity contribution >= 4 is 21.8 Å². The highest BCUT2D eigenvalue weighted by Crippen LogP contribution is 2.50. The molecule has 0 bridgehead atoms. The standard InChI is InChI=1S/C15H18BrNO/c16-13-6-4-5-12(11-13)15(7-8-15)14(18)17-9-2-1-3-10-17/h4-6,11H,1-3,7-10H2. The number of hydrogen-bond donors (Lipinski definition) is 0. The molecule has 3 rings (SSSR count). The topological polar surface area (TPSA) is 20.3 Å². The molecular formula is C15H18BrNO. The van der Waals surface area contributed by atoms with E-state index in [0.29, 0.717) is 5.91 Å². The Hall–Kier alpha value is -0.830. The summed E-state index contributed by atoms with van der Waals surface area (Å²) in [5, 5.41) is 0. The van der Waals surface area contributed by atoms with Gasteiger partial charge < -0.3 is 4.90 Å². The maximum atomic E-state index is 12.7. The van der Waals surface area contributed by atoms with Crippen molar-refractivity contribution in [2.45, 2.75) is 37.5 Å². The molecular weight excluding hydrogens is 290 g/mol. The van der Waals surface area contributed by atoms with Crippen LogP contribution in [-0.2, 0) is 10.2 Å². The van der Waals surface area contributed by atoms with E-state index in [1.807, 2.05) is 12.1 Å². The van der Waals surface area contributed by atoms with Gasteiger partial charge in [0.15, 0.2) is 0 Å². The Morgan fingerprint density at radius 3 is 2.50 bits per heavy atom. The van der Waals surface area contributed by atoms with Crippen molar-refractivity contribution in [2.75, 3.05) is 13.1 Å². The molecule has 1 saturated carbocycles. The van der Waals surface area contributed by atoms with Crippen LogP contribution in [0.25, 0.3) is 0 Å². The second-order valence-corrected chi connectivity index (χ2v) is 6.36. The smallest absolute Gasteiger partial charge is 0.233 e. The van der Waals surface area contributed by atoms with Gasteiger partial charge in [0.05, 0.1) is 5.41 Å². The lowest BCUT2D eigenvalue weighted by Crippen LogP contribution is -2.42. The van der Waals surface area contributed by atoms with Crippen molar-refractivity contribution < 1.29 is 4.79 Å². The zero-order valence-electron chi connectivity index (χ0n) is 10.5. The van der Waals surface area contributed by atoms with Crippen molar-refractivity contribution in [3.63, 3.8) is 0 Å². The van der Waals surface area contributed by atoms with E-state index in [9.17, 15) is 4.79 Å². The highest BCUT2D eigenvalue weighted by Gasteiger charge is 2.52. The van der Waals surface area contributed by atoms with Crippen molar-refractivity contribution in [1.82, 2.24) is 4.90 Å². The summed E-state index contributed by atoms with van der Waals surface area (Å²) >= 11 is 3.50. The Morgan fingerprint density at radius 1 is 1.17 bits per heavy atom. The number of nitrogens with zero attached hydrogens (tertiary/aromatic N) is 1. The van der Waals surface area contributed by atoms with Gasteiger partial charge in [-0.3, -0.25) is 4.79 Å². The van der Waals surface area contributed by atoms with E-state index in [0.717, 1.165) is 30.4 Å². The maximum Gasteiger partial charge on any atom is 0.233 e. The summed E-state index contributed by atoms with van der Waals surface area (Å²) in [5.41, 5.74) is 0.994. The molecule has 18 heavy (non-hydrogen) atoms. The Balaban J connectivity index is 1.84. The van der Waals surface area contributed by atoms with E-state index in [2.05, 4.69) is 33.0 Å². The number of benzene rings is 1. The largest absolute Gasteiger partial charge is 0.342 e. The number of carbonyl (C=O) groups is 1. The van der Waals surface area contributed by atoms with E-state index in [1.165, 1.54) is 24.8 Å². The first-order chi connectivity index (χ1) is 8.72. The molecule has 2 nitrogen and oxygen atoms in total. The van der Waals surface area contributed by atoms with Crippen molar-refractivity contribution in [1.29, 1.82) is 0 Å². The average molecular weight is 308 g/mol. The zero-order valence-corrected chi connectivity index (χ0v) is 12.1. The molecule has 1 heterocycles. The summed E-state index contributed by atoms with van der Waals surface area (Å²) in [6.45, 7) is 1.91. The molecule has 1 aromatic rings. The molecule has 0 atom stereocenters. The van der Waals surface area contributed by atoms with Gasteiger partial charge in [0, 0.05) is 17.6 Å². The second-order valence-electron chi connectivity index (χ2n) is 5.45. The first-order valence-electron chi connectivity index (χ1n) is 6.78. The molecule has 0 aromatic heterocycles. The number of rotatable bonds is 2. The highest BCUT2D eigenvalue weighted by atomic mass is 79.9. The predicted molar refractivity (Wildman–Crippen MR) is 75.5 cm³/mol. The fraction of sp³-hybridized carbons (Fsp3) is 0.533. The minimum absolute atomic E-state index is 0.193. The summed E-state index contributed by atoms with van der Waals surface area (Å²) in [4.78, 5) is 14.8. The Morgan fingerprint density at radius 2 is 1.89 bits per heavy atom. The van der Waals surface area contributed by atoms with Crippen LogP contribution < -0.4 is 0 Å². The number of halogens is 1. The molecule has 2 aliphatic rings. The molecule has 1 aliphatic heterocycles. The van der Waals surface area contributed by atoms with E-state index < -0.39 is 0 Å².